The first-order chi connectivity index (χ1) is 10.6. The van der Waals surface area contributed by atoms with Crippen molar-refractivity contribution in [1.82, 2.24) is 4.90 Å². The van der Waals surface area contributed by atoms with E-state index in [9.17, 15) is 9.59 Å². The number of carboxylic acid groups (broad SMARTS) is 1. The van der Waals surface area contributed by atoms with Crippen molar-refractivity contribution < 1.29 is 24.2 Å². The molecule has 0 spiro atoms. The number of aliphatic carboxylic acids is 1. The predicted molar refractivity (Wildman–Crippen MR) is 79.7 cm³/mol. The molecule has 1 aliphatic heterocycles. The summed E-state index contributed by atoms with van der Waals surface area (Å²) in [6, 6.07) is 8.50. The number of para-hydroxylation sites is 1. The second kappa shape index (κ2) is 7.79. The molecule has 2 rings (SSSR count). The molecule has 0 bridgehead atoms. The number of hydrogen-bond donors (Lipinski definition) is 1. The Morgan fingerprint density at radius 1 is 1.41 bits per heavy atom. The number of amides is 1. The van der Waals surface area contributed by atoms with Crippen molar-refractivity contribution in [2.24, 2.45) is 5.92 Å². The van der Waals surface area contributed by atoms with Crippen LogP contribution in [0.3, 0.4) is 0 Å². The number of carbonyl (C=O) groups excluding carboxylic acids is 1. The molecule has 1 amide bonds. The van der Waals surface area contributed by atoms with Gasteiger partial charge in [-0.25, -0.2) is 4.79 Å². The van der Waals surface area contributed by atoms with Gasteiger partial charge in [0.15, 0.2) is 6.04 Å². The molecule has 120 valence electrons. The van der Waals surface area contributed by atoms with E-state index in [-0.39, 0.29) is 18.4 Å². The third-order valence-corrected chi connectivity index (χ3v) is 3.68. The molecule has 1 fully saturated rings. The van der Waals surface area contributed by atoms with Gasteiger partial charge in [-0.1, -0.05) is 25.1 Å². The number of hydrogen-bond acceptors (Lipinski definition) is 4. The number of rotatable bonds is 6. The van der Waals surface area contributed by atoms with Crippen molar-refractivity contribution in [2.45, 2.75) is 19.4 Å². The fraction of sp³-hybridized carbons (Fsp3) is 0.500. The molecule has 1 heterocycles. The molecule has 6 nitrogen and oxygen atoms in total. The molecule has 1 saturated heterocycles. The fourth-order valence-electron chi connectivity index (χ4n) is 2.35. The molecule has 1 N–H and O–H groups in total. The highest BCUT2D eigenvalue weighted by Crippen LogP contribution is 2.16. The number of carboxylic acids is 1. The normalized spacial score (nSPS) is 19.5. The third-order valence-electron chi connectivity index (χ3n) is 3.68. The summed E-state index contributed by atoms with van der Waals surface area (Å²) < 4.78 is 10.7. The van der Waals surface area contributed by atoms with Crippen LogP contribution in [0.5, 0.6) is 5.75 Å². The average Bonchev–Trinajstić information content (AvgIpc) is 2.55. The van der Waals surface area contributed by atoms with Crippen LogP contribution in [0.4, 0.5) is 0 Å². The molecular weight excluding hydrogens is 286 g/mol. The third kappa shape index (κ3) is 4.21. The minimum atomic E-state index is -1.03. The smallest absolute Gasteiger partial charge is 0.328 e. The van der Waals surface area contributed by atoms with Crippen molar-refractivity contribution in [2.75, 3.05) is 26.4 Å². The Kier molecular flexibility index (Phi) is 5.77. The Balaban J connectivity index is 1.84. The van der Waals surface area contributed by atoms with Crippen LogP contribution in [0.1, 0.15) is 13.3 Å². The van der Waals surface area contributed by atoms with Crippen LogP contribution in [-0.4, -0.2) is 54.3 Å². The van der Waals surface area contributed by atoms with Gasteiger partial charge < -0.3 is 19.5 Å². The molecular formula is C16H21NO5. The lowest BCUT2D eigenvalue weighted by atomic mass is 10.0. The molecule has 0 saturated carbocycles. The Hall–Kier alpha value is -2.08. The molecule has 2 unspecified atom stereocenters. The highest BCUT2D eigenvalue weighted by atomic mass is 16.5. The second-order valence-electron chi connectivity index (χ2n) is 5.31. The predicted octanol–water partition coefficient (Wildman–Crippen LogP) is 1.40. The molecule has 2 atom stereocenters. The van der Waals surface area contributed by atoms with Crippen molar-refractivity contribution in [1.29, 1.82) is 0 Å². The van der Waals surface area contributed by atoms with Crippen LogP contribution in [0, 0.1) is 5.92 Å². The van der Waals surface area contributed by atoms with E-state index in [1.54, 1.807) is 6.92 Å². The first-order valence-electron chi connectivity index (χ1n) is 7.38. The van der Waals surface area contributed by atoms with Crippen LogP contribution in [0.15, 0.2) is 30.3 Å². The summed E-state index contributed by atoms with van der Waals surface area (Å²) in [6.07, 6.45) is 0.539. The topological polar surface area (TPSA) is 76.1 Å². The summed E-state index contributed by atoms with van der Waals surface area (Å²) in [5, 5.41) is 9.17. The largest absolute Gasteiger partial charge is 0.494 e. The number of benzene rings is 1. The molecule has 0 aliphatic carbocycles. The minimum absolute atomic E-state index is 0.0499. The number of carbonyl (C=O) groups is 2. The highest BCUT2D eigenvalue weighted by molar-refractivity contribution is 5.85. The van der Waals surface area contributed by atoms with E-state index in [1.807, 2.05) is 30.3 Å². The standard InChI is InChI=1S/C16H21NO5/c1-12(7-9-22-13-5-3-2-4-6-13)15(18)17-8-10-21-11-14(17)16(19)20/h2-6,12,14H,7-11H2,1H3,(H,19,20). The van der Waals surface area contributed by atoms with E-state index in [4.69, 9.17) is 14.6 Å². The van der Waals surface area contributed by atoms with E-state index in [2.05, 4.69) is 0 Å². The van der Waals surface area contributed by atoms with E-state index >= 15 is 0 Å². The maximum Gasteiger partial charge on any atom is 0.328 e. The zero-order chi connectivity index (χ0) is 15.9. The lowest BCUT2D eigenvalue weighted by molar-refractivity contribution is -0.160. The zero-order valence-electron chi connectivity index (χ0n) is 12.6. The SMILES string of the molecule is CC(CCOc1ccccc1)C(=O)N1CCOCC1C(=O)O. The fourth-order valence-corrected chi connectivity index (χ4v) is 2.35. The molecule has 22 heavy (non-hydrogen) atoms. The van der Waals surface area contributed by atoms with Gasteiger partial charge in [-0.15, -0.1) is 0 Å². The van der Waals surface area contributed by atoms with Gasteiger partial charge in [0.25, 0.3) is 0 Å². The zero-order valence-corrected chi connectivity index (χ0v) is 12.6. The van der Waals surface area contributed by atoms with E-state index in [0.29, 0.717) is 26.2 Å². The molecule has 6 heteroatoms. The Labute approximate surface area is 129 Å². The molecule has 0 aromatic heterocycles. The van der Waals surface area contributed by atoms with Gasteiger partial charge in [0, 0.05) is 12.5 Å². The van der Waals surface area contributed by atoms with Crippen molar-refractivity contribution >= 4 is 11.9 Å². The number of ether oxygens (including phenoxy) is 2. The first kappa shape index (κ1) is 16.3. The number of morpholine rings is 1. The van der Waals surface area contributed by atoms with E-state index in [1.165, 1.54) is 4.90 Å². The quantitative estimate of drug-likeness (QED) is 0.860. The highest BCUT2D eigenvalue weighted by Gasteiger charge is 2.34. The van der Waals surface area contributed by atoms with E-state index in [0.717, 1.165) is 5.75 Å². The summed E-state index contributed by atoms with van der Waals surface area (Å²) in [4.78, 5) is 25.0. The lowest BCUT2D eigenvalue weighted by Gasteiger charge is -2.34. The lowest BCUT2D eigenvalue weighted by Crippen LogP contribution is -2.54. The maximum absolute atomic E-state index is 12.4. The van der Waals surface area contributed by atoms with Crippen molar-refractivity contribution in [3.8, 4) is 5.75 Å². The van der Waals surface area contributed by atoms with Crippen LogP contribution in [0.2, 0.25) is 0 Å². The van der Waals surface area contributed by atoms with Crippen LogP contribution in [-0.2, 0) is 14.3 Å². The summed E-state index contributed by atoms with van der Waals surface area (Å²) >= 11 is 0. The van der Waals surface area contributed by atoms with Gasteiger partial charge in [0.2, 0.25) is 5.91 Å². The van der Waals surface area contributed by atoms with Gasteiger partial charge in [0.05, 0.1) is 19.8 Å². The average molecular weight is 307 g/mol. The minimum Gasteiger partial charge on any atom is -0.494 e. The summed E-state index contributed by atoms with van der Waals surface area (Å²) in [7, 11) is 0. The Morgan fingerprint density at radius 3 is 2.82 bits per heavy atom. The summed E-state index contributed by atoms with van der Waals surface area (Å²) in [5.41, 5.74) is 0. The Morgan fingerprint density at radius 2 is 2.14 bits per heavy atom. The van der Waals surface area contributed by atoms with Gasteiger partial charge >= 0.3 is 5.97 Å². The van der Waals surface area contributed by atoms with E-state index < -0.39 is 12.0 Å². The van der Waals surface area contributed by atoms with Crippen LogP contribution < -0.4 is 4.74 Å². The molecule has 1 aromatic carbocycles. The first-order valence-corrected chi connectivity index (χ1v) is 7.38. The monoisotopic (exact) mass is 307 g/mol. The second-order valence-corrected chi connectivity index (χ2v) is 5.31. The summed E-state index contributed by atoms with van der Waals surface area (Å²) in [5.74, 6) is -0.714. The number of nitrogens with zero attached hydrogens (tertiary/aromatic N) is 1. The van der Waals surface area contributed by atoms with Crippen molar-refractivity contribution in [3.05, 3.63) is 30.3 Å². The Bertz CT molecular complexity index is 505. The maximum atomic E-state index is 12.4. The van der Waals surface area contributed by atoms with Gasteiger partial charge in [-0.05, 0) is 18.6 Å². The van der Waals surface area contributed by atoms with Gasteiger partial charge in [-0.3, -0.25) is 4.79 Å². The van der Waals surface area contributed by atoms with Crippen molar-refractivity contribution in [3.63, 3.8) is 0 Å². The molecule has 0 radical (unpaired) electrons. The van der Waals surface area contributed by atoms with Crippen LogP contribution >= 0.6 is 0 Å². The van der Waals surface area contributed by atoms with Gasteiger partial charge in [-0.2, -0.15) is 0 Å². The summed E-state index contributed by atoms with van der Waals surface area (Å²) in [6.45, 7) is 2.96. The molecule has 1 aromatic rings. The van der Waals surface area contributed by atoms with Gasteiger partial charge in [0.1, 0.15) is 5.75 Å². The molecule has 1 aliphatic rings. The van der Waals surface area contributed by atoms with Crippen LogP contribution in [0.25, 0.3) is 0 Å².